The number of nitrogens with one attached hydrogen (secondary N) is 2. The van der Waals surface area contributed by atoms with Gasteiger partial charge in [-0.1, -0.05) is 54.6 Å². The molecule has 1 heterocycles. The van der Waals surface area contributed by atoms with Gasteiger partial charge in [-0.25, -0.2) is 0 Å². The van der Waals surface area contributed by atoms with E-state index < -0.39 is 46.8 Å². The Balaban J connectivity index is 1.80. The third-order valence-corrected chi connectivity index (χ3v) is 7.67. The molecule has 0 bridgehead atoms. The van der Waals surface area contributed by atoms with E-state index in [1.54, 1.807) is 49.5 Å². The number of rotatable bonds is 8. The van der Waals surface area contributed by atoms with Crippen LogP contribution in [0.1, 0.15) is 30.5 Å². The summed E-state index contributed by atoms with van der Waals surface area (Å²) in [6, 6.07) is 13.2. The Morgan fingerprint density at radius 2 is 1.73 bits per heavy atom. The van der Waals surface area contributed by atoms with Crippen molar-refractivity contribution in [3.63, 3.8) is 0 Å². The highest BCUT2D eigenvalue weighted by molar-refractivity contribution is 8.00. The number of thioether (sulfide) groups is 1. The minimum absolute atomic E-state index is 0.0522. The van der Waals surface area contributed by atoms with Crippen LogP contribution in [0.25, 0.3) is 0 Å². The maximum Gasteiger partial charge on any atom is 0.471 e. The SMILES string of the molecule is Cc1ccccc1CNC(=O)[C@H]1N(C(=O)[C@@H](O)[C@H](Cc2ccccc2)NC(=O)C(F)(F)F)CSC1(C)C. The van der Waals surface area contributed by atoms with Crippen LogP contribution in [0.5, 0.6) is 0 Å². The molecule has 0 unspecified atom stereocenters. The zero-order valence-electron chi connectivity index (χ0n) is 20.7. The van der Waals surface area contributed by atoms with Crippen LogP contribution in [-0.4, -0.2) is 62.7 Å². The summed E-state index contributed by atoms with van der Waals surface area (Å²) in [4.78, 5) is 39.5. The summed E-state index contributed by atoms with van der Waals surface area (Å²) < 4.78 is 38.2. The average molecular weight is 538 g/mol. The number of carbonyl (C=O) groups excluding carboxylic acids is 3. The van der Waals surface area contributed by atoms with Crippen molar-refractivity contribution in [3.05, 3.63) is 71.3 Å². The van der Waals surface area contributed by atoms with Crippen LogP contribution in [0.2, 0.25) is 0 Å². The predicted octanol–water partition coefficient (Wildman–Crippen LogP) is 2.94. The second-order valence-corrected chi connectivity index (χ2v) is 11.0. The molecular weight excluding hydrogens is 507 g/mol. The number of hydrogen-bond acceptors (Lipinski definition) is 5. The largest absolute Gasteiger partial charge is 0.471 e. The molecule has 37 heavy (non-hydrogen) atoms. The normalized spacial score (nSPS) is 18.7. The van der Waals surface area contributed by atoms with Crippen molar-refractivity contribution in [1.82, 2.24) is 15.5 Å². The molecule has 11 heteroatoms. The molecule has 3 N–H and O–H groups in total. The van der Waals surface area contributed by atoms with Gasteiger partial charge in [0.05, 0.1) is 11.9 Å². The molecular formula is C26H30F3N3O4S. The second kappa shape index (κ2) is 11.6. The van der Waals surface area contributed by atoms with Crippen molar-refractivity contribution < 1.29 is 32.7 Å². The van der Waals surface area contributed by atoms with Crippen LogP contribution >= 0.6 is 11.8 Å². The lowest BCUT2D eigenvalue weighted by Crippen LogP contribution is -2.59. The number of amides is 3. The smallest absolute Gasteiger partial charge is 0.381 e. The van der Waals surface area contributed by atoms with Gasteiger partial charge in [0.25, 0.3) is 5.91 Å². The Kier molecular flexibility index (Phi) is 8.91. The van der Waals surface area contributed by atoms with E-state index >= 15 is 0 Å². The third-order valence-electron chi connectivity index (χ3n) is 6.30. The summed E-state index contributed by atoms with van der Waals surface area (Å²) in [6.07, 6.45) is -7.42. The molecule has 2 aromatic rings. The number of aliphatic hydroxyl groups excluding tert-OH is 1. The van der Waals surface area contributed by atoms with Crippen LogP contribution < -0.4 is 10.6 Å². The first-order chi connectivity index (χ1) is 17.3. The van der Waals surface area contributed by atoms with Crippen molar-refractivity contribution in [1.29, 1.82) is 0 Å². The van der Waals surface area contributed by atoms with Crippen LogP contribution in [0.3, 0.4) is 0 Å². The van der Waals surface area contributed by atoms with Crippen molar-refractivity contribution >= 4 is 29.5 Å². The van der Waals surface area contributed by atoms with Gasteiger partial charge < -0.3 is 20.6 Å². The lowest BCUT2D eigenvalue weighted by atomic mass is 9.97. The Bertz CT molecular complexity index is 1130. The fourth-order valence-corrected chi connectivity index (χ4v) is 5.34. The van der Waals surface area contributed by atoms with E-state index in [0.29, 0.717) is 5.56 Å². The zero-order valence-corrected chi connectivity index (χ0v) is 21.5. The summed E-state index contributed by atoms with van der Waals surface area (Å²) >= 11 is 1.31. The Labute approximate surface area is 217 Å². The number of halogens is 3. The first-order valence-corrected chi connectivity index (χ1v) is 12.7. The number of alkyl halides is 3. The van der Waals surface area contributed by atoms with Gasteiger partial charge in [-0.3, -0.25) is 14.4 Å². The summed E-state index contributed by atoms with van der Waals surface area (Å²) in [5.41, 5.74) is 2.40. The van der Waals surface area contributed by atoms with Gasteiger partial charge in [0.15, 0.2) is 6.10 Å². The summed E-state index contributed by atoms with van der Waals surface area (Å²) in [6.45, 7) is 5.70. The molecule has 0 radical (unpaired) electrons. The first kappa shape index (κ1) is 28.5. The minimum Gasteiger partial charge on any atom is -0.381 e. The van der Waals surface area contributed by atoms with Crippen molar-refractivity contribution in [2.75, 3.05) is 5.88 Å². The fourth-order valence-electron chi connectivity index (χ4n) is 4.20. The second-order valence-electron chi connectivity index (χ2n) is 9.44. The molecule has 0 aromatic heterocycles. The molecule has 7 nitrogen and oxygen atoms in total. The summed E-state index contributed by atoms with van der Waals surface area (Å²) in [5, 5.41) is 15.5. The summed E-state index contributed by atoms with van der Waals surface area (Å²) in [5.74, 6) is -3.59. The topological polar surface area (TPSA) is 98.7 Å². The van der Waals surface area contributed by atoms with Gasteiger partial charge in [-0.05, 0) is 43.9 Å². The van der Waals surface area contributed by atoms with Gasteiger partial charge in [-0.15, -0.1) is 11.8 Å². The molecule has 1 saturated heterocycles. The molecule has 2 aromatic carbocycles. The van der Waals surface area contributed by atoms with E-state index in [0.717, 1.165) is 11.1 Å². The average Bonchev–Trinajstić information content (AvgIpc) is 3.16. The minimum atomic E-state index is -5.19. The number of aryl methyl sites for hydroxylation is 1. The molecule has 1 fully saturated rings. The molecule has 3 rings (SSSR count). The lowest BCUT2D eigenvalue weighted by Gasteiger charge is -2.33. The number of nitrogens with zero attached hydrogens (tertiary/aromatic N) is 1. The molecule has 1 aliphatic rings. The molecule has 3 amide bonds. The summed E-state index contributed by atoms with van der Waals surface area (Å²) in [7, 11) is 0. The van der Waals surface area contributed by atoms with E-state index in [4.69, 9.17) is 0 Å². The number of aliphatic hydroxyl groups is 1. The molecule has 1 aliphatic heterocycles. The van der Waals surface area contributed by atoms with E-state index in [1.165, 1.54) is 16.7 Å². The first-order valence-electron chi connectivity index (χ1n) is 11.7. The van der Waals surface area contributed by atoms with Crippen molar-refractivity contribution in [3.8, 4) is 0 Å². The standard InChI is InChI=1S/C26H30F3N3O4S/c1-16-9-7-8-12-18(16)14-30-22(34)21-25(2,3)37-15-32(21)23(35)20(33)19(31-24(36)26(27,28)29)13-17-10-5-4-6-11-17/h4-12,19-21,33H,13-15H2,1-3H3,(H,30,34)(H,31,36)/t19-,20-,21+/m0/s1. The quantitative estimate of drug-likeness (QED) is 0.481. The molecule has 0 saturated carbocycles. The van der Waals surface area contributed by atoms with Crippen LogP contribution in [0, 0.1) is 6.92 Å². The van der Waals surface area contributed by atoms with E-state index in [-0.39, 0.29) is 18.8 Å². The molecule has 200 valence electrons. The Morgan fingerprint density at radius 1 is 1.11 bits per heavy atom. The van der Waals surface area contributed by atoms with Gasteiger partial charge in [0.1, 0.15) is 6.04 Å². The van der Waals surface area contributed by atoms with Crippen molar-refractivity contribution in [2.24, 2.45) is 0 Å². The van der Waals surface area contributed by atoms with Crippen molar-refractivity contribution in [2.45, 2.75) is 62.8 Å². The van der Waals surface area contributed by atoms with Crippen LogP contribution in [-0.2, 0) is 27.3 Å². The van der Waals surface area contributed by atoms with Gasteiger partial charge in [0.2, 0.25) is 5.91 Å². The van der Waals surface area contributed by atoms with E-state index in [2.05, 4.69) is 5.32 Å². The maximum atomic E-state index is 13.4. The molecule has 3 atom stereocenters. The number of benzene rings is 2. The maximum absolute atomic E-state index is 13.4. The Morgan fingerprint density at radius 3 is 2.35 bits per heavy atom. The van der Waals surface area contributed by atoms with Crippen LogP contribution in [0.15, 0.2) is 54.6 Å². The molecule has 0 spiro atoms. The van der Waals surface area contributed by atoms with E-state index in [9.17, 15) is 32.7 Å². The van der Waals surface area contributed by atoms with Gasteiger partial charge >= 0.3 is 12.1 Å². The highest BCUT2D eigenvalue weighted by Gasteiger charge is 2.50. The lowest BCUT2D eigenvalue weighted by molar-refractivity contribution is -0.175. The number of hydrogen-bond donors (Lipinski definition) is 3. The number of carbonyl (C=O) groups is 3. The third kappa shape index (κ3) is 7.04. The zero-order chi connectivity index (χ0) is 27.4. The van der Waals surface area contributed by atoms with Gasteiger partial charge in [0, 0.05) is 11.3 Å². The van der Waals surface area contributed by atoms with E-state index in [1.807, 2.05) is 31.2 Å². The van der Waals surface area contributed by atoms with Gasteiger partial charge in [-0.2, -0.15) is 13.2 Å². The predicted molar refractivity (Wildman–Crippen MR) is 134 cm³/mol. The Hall–Kier alpha value is -3.05. The highest BCUT2D eigenvalue weighted by Crippen LogP contribution is 2.40. The molecule has 0 aliphatic carbocycles. The monoisotopic (exact) mass is 537 g/mol. The van der Waals surface area contributed by atoms with Crippen LogP contribution in [0.4, 0.5) is 13.2 Å². The fraction of sp³-hybridized carbons (Fsp3) is 0.423. The highest BCUT2D eigenvalue weighted by atomic mass is 32.2.